The molecule has 0 fully saturated rings. The fourth-order valence-electron chi connectivity index (χ4n) is 4.96. The smallest absolute Gasteiger partial charge is 0.264 e. The molecular weight excluding hydrogens is 609 g/mol. The van der Waals surface area contributed by atoms with Gasteiger partial charge < -0.3 is 19.7 Å². The SMILES string of the molecule is CCCNC(=O)C(Cc1ccccc1)N(Cc1ccccc1F)C(=O)CN(c1ccc(OC)c(OC)c1)S(=O)(=O)c1ccccc1. The van der Waals surface area contributed by atoms with Gasteiger partial charge in [0, 0.05) is 31.1 Å². The van der Waals surface area contributed by atoms with Crippen LogP contribution < -0.4 is 19.1 Å². The van der Waals surface area contributed by atoms with Crippen LogP contribution in [0.2, 0.25) is 0 Å². The summed E-state index contributed by atoms with van der Waals surface area (Å²) in [5, 5.41) is 2.87. The fourth-order valence-corrected chi connectivity index (χ4v) is 6.39. The lowest BCUT2D eigenvalue weighted by Crippen LogP contribution is -2.53. The Morgan fingerprint density at radius 2 is 1.48 bits per heavy atom. The van der Waals surface area contributed by atoms with Crippen molar-refractivity contribution in [1.82, 2.24) is 10.2 Å². The summed E-state index contributed by atoms with van der Waals surface area (Å²) in [4.78, 5) is 29.4. The maximum atomic E-state index is 15.0. The third-order valence-corrected chi connectivity index (χ3v) is 9.17. The molecule has 0 bridgehead atoms. The highest BCUT2D eigenvalue weighted by Gasteiger charge is 2.35. The lowest BCUT2D eigenvalue weighted by Gasteiger charge is -2.34. The second-order valence-corrected chi connectivity index (χ2v) is 12.3. The zero-order chi connectivity index (χ0) is 33.1. The van der Waals surface area contributed by atoms with E-state index in [2.05, 4.69) is 5.32 Å². The quantitative estimate of drug-likeness (QED) is 0.190. The van der Waals surface area contributed by atoms with Crippen LogP contribution in [0.1, 0.15) is 24.5 Å². The Labute approximate surface area is 269 Å². The summed E-state index contributed by atoms with van der Waals surface area (Å²) in [5.74, 6) is -1.07. The van der Waals surface area contributed by atoms with Gasteiger partial charge in [-0.3, -0.25) is 13.9 Å². The van der Waals surface area contributed by atoms with Crippen molar-refractivity contribution in [2.24, 2.45) is 0 Å². The molecule has 0 heterocycles. The van der Waals surface area contributed by atoms with Crippen LogP contribution >= 0.6 is 0 Å². The molecule has 0 saturated carbocycles. The summed E-state index contributed by atoms with van der Waals surface area (Å²) >= 11 is 0. The van der Waals surface area contributed by atoms with Gasteiger partial charge in [-0.15, -0.1) is 0 Å². The van der Waals surface area contributed by atoms with E-state index in [0.717, 1.165) is 9.87 Å². The van der Waals surface area contributed by atoms with Crippen molar-refractivity contribution in [3.63, 3.8) is 0 Å². The van der Waals surface area contributed by atoms with E-state index in [0.29, 0.717) is 18.7 Å². The first-order chi connectivity index (χ1) is 22.2. The topological polar surface area (TPSA) is 105 Å². The fraction of sp³-hybridized carbons (Fsp3) is 0.257. The van der Waals surface area contributed by atoms with Crippen molar-refractivity contribution < 1.29 is 31.9 Å². The van der Waals surface area contributed by atoms with E-state index >= 15 is 4.39 Å². The Bertz CT molecular complexity index is 1720. The van der Waals surface area contributed by atoms with E-state index in [1.54, 1.807) is 30.3 Å². The van der Waals surface area contributed by atoms with E-state index in [1.807, 2.05) is 37.3 Å². The van der Waals surface area contributed by atoms with Crippen molar-refractivity contribution >= 4 is 27.5 Å². The zero-order valence-corrected chi connectivity index (χ0v) is 26.9. The van der Waals surface area contributed by atoms with Crippen LogP contribution in [0.4, 0.5) is 10.1 Å². The zero-order valence-electron chi connectivity index (χ0n) is 26.1. The van der Waals surface area contributed by atoms with E-state index in [1.165, 1.54) is 61.6 Å². The molecule has 11 heteroatoms. The molecule has 242 valence electrons. The third-order valence-electron chi connectivity index (χ3n) is 7.38. The Morgan fingerprint density at radius 1 is 0.848 bits per heavy atom. The number of carbonyl (C=O) groups excluding carboxylic acids is 2. The molecule has 2 amide bonds. The third kappa shape index (κ3) is 8.22. The number of hydrogen-bond acceptors (Lipinski definition) is 6. The number of hydrogen-bond donors (Lipinski definition) is 1. The lowest BCUT2D eigenvalue weighted by atomic mass is 10.0. The maximum Gasteiger partial charge on any atom is 0.264 e. The Balaban J connectivity index is 1.83. The van der Waals surface area contributed by atoms with Gasteiger partial charge in [0.05, 0.1) is 24.8 Å². The van der Waals surface area contributed by atoms with Crippen molar-refractivity contribution in [1.29, 1.82) is 0 Å². The summed E-state index contributed by atoms with van der Waals surface area (Å²) in [6.45, 7) is 1.32. The number of nitrogens with zero attached hydrogens (tertiary/aromatic N) is 2. The van der Waals surface area contributed by atoms with Gasteiger partial charge in [0.15, 0.2) is 11.5 Å². The molecule has 0 radical (unpaired) electrons. The van der Waals surface area contributed by atoms with Crippen LogP contribution in [0.5, 0.6) is 11.5 Å². The number of methoxy groups -OCH3 is 2. The molecule has 4 aromatic carbocycles. The summed E-state index contributed by atoms with van der Waals surface area (Å²) in [6.07, 6.45) is 0.784. The maximum absolute atomic E-state index is 15.0. The number of sulfonamides is 1. The first-order valence-electron chi connectivity index (χ1n) is 14.8. The van der Waals surface area contributed by atoms with Gasteiger partial charge in [0.2, 0.25) is 11.8 Å². The molecular formula is C35H38FN3O6S. The van der Waals surface area contributed by atoms with E-state index in [9.17, 15) is 18.0 Å². The van der Waals surface area contributed by atoms with Gasteiger partial charge in [-0.1, -0.05) is 73.7 Å². The molecule has 1 atom stereocenters. The average molecular weight is 648 g/mol. The monoisotopic (exact) mass is 647 g/mol. The molecule has 1 N–H and O–H groups in total. The molecule has 9 nitrogen and oxygen atoms in total. The van der Waals surface area contributed by atoms with Gasteiger partial charge >= 0.3 is 0 Å². The Kier molecular flexibility index (Phi) is 11.7. The van der Waals surface area contributed by atoms with Gasteiger partial charge in [0.1, 0.15) is 18.4 Å². The molecule has 0 spiro atoms. The highest BCUT2D eigenvalue weighted by molar-refractivity contribution is 7.92. The first-order valence-corrected chi connectivity index (χ1v) is 16.3. The molecule has 4 aromatic rings. The molecule has 0 aliphatic rings. The molecule has 0 aliphatic carbocycles. The van der Waals surface area contributed by atoms with Gasteiger partial charge in [-0.25, -0.2) is 12.8 Å². The second kappa shape index (κ2) is 15.9. The first kappa shape index (κ1) is 34.0. The van der Waals surface area contributed by atoms with Crippen LogP contribution in [0.3, 0.4) is 0 Å². The molecule has 1 unspecified atom stereocenters. The predicted octanol–water partition coefficient (Wildman–Crippen LogP) is 5.20. The number of anilines is 1. The number of ether oxygens (including phenoxy) is 2. The van der Waals surface area contributed by atoms with E-state index in [4.69, 9.17) is 9.47 Å². The largest absolute Gasteiger partial charge is 0.493 e. The normalized spacial score (nSPS) is 11.7. The molecule has 46 heavy (non-hydrogen) atoms. The second-order valence-electron chi connectivity index (χ2n) is 10.5. The van der Waals surface area contributed by atoms with Crippen LogP contribution in [0.15, 0.2) is 108 Å². The van der Waals surface area contributed by atoms with Crippen molar-refractivity contribution in [2.45, 2.75) is 37.2 Å². The minimum Gasteiger partial charge on any atom is -0.493 e. The number of halogens is 1. The molecule has 0 saturated heterocycles. The van der Waals surface area contributed by atoms with Crippen LogP contribution in [0, 0.1) is 5.82 Å². The number of amides is 2. The Morgan fingerprint density at radius 3 is 2.11 bits per heavy atom. The lowest BCUT2D eigenvalue weighted by molar-refractivity contribution is -0.140. The number of carbonyl (C=O) groups is 2. The predicted molar refractivity (Wildman–Crippen MR) is 175 cm³/mol. The van der Waals surface area contributed by atoms with Crippen molar-refractivity contribution in [3.05, 3.63) is 120 Å². The van der Waals surface area contributed by atoms with Crippen molar-refractivity contribution in [2.75, 3.05) is 31.6 Å². The average Bonchev–Trinajstić information content (AvgIpc) is 3.08. The summed E-state index contributed by atoms with van der Waals surface area (Å²) in [5.41, 5.74) is 1.09. The number of nitrogens with one attached hydrogen (secondary N) is 1. The number of rotatable bonds is 15. The molecule has 0 aliphatic heterocycles. The summed E-state index contributed by atoms with van der Waals surface area (Å²) in [6, 6.07) is 26.3. The Hall–Kier alpha value is -4.90. The highest BCUT2D eigenvalue weighted by atomic mass is 32.2. The van der Waals surface area contributed by atoms with Crippen LogP contribution in [-0.4, -0.2) is 58.5 Å². The number of benzene rings is 4. The summed E-state index contributed by atoms with van der Waals surface area (Å²) < 4.78 is 55.0. The summed E-state index contributed by atoms with van der Waals surface area (Å²) in [7, 11) is -1.44. The standard InChI is InChI=1S/C35H38FN3O6S/c1-4-21-37-35(41)31(22-26-13-7-5-8-14-26)38(24-27-15-11-12-18-30(27)36)34(40)25-39(46(42,43)29-16-9-6-10-17-29)28-19-20-32(44-2)33(23-28)45-3/h5-20,23,31H,4,21-22,24-25H2,1-3H3,(H,37,41). The van der Waals surface area contributed by atoms with Crippen molar-refractivity contribution in [3.8, 4) is 11.5 Å². The van der Waals surface area contributed by atoms with E-state index < -0.39 is 40.2 Å². The van der Waals surface area contributed by atoms with E-state index in [-0.39, 0.29) is 34.9 Å². The minimum atomic E-state index is -4.31. The van der Waals surface area contributed by atoms with Gasteiger partial charge in [0.25, 0.3) is 10.0 Å². The molecule has 0 aromatic heterocycles. The van der Waals surface area contributed by atoms with Gasteiger partial charge in [-0.05, 0) is 42.3 Å². The van der Waals surface area contributed by atoms with Gasteiger partial charge in [-0.2, -0.15) is 0 Å². The van der Waals surface area contributed by atoms with Crippen LogP contribution in [0.25, 0.3) is 0 Å². The van der Waals surface area contributed by atoms with Crippen LogP contribution in [-0.2, 0) is 32.6 Å². The highest BCUT2D eigenvalue weighted by Crippen LogP contribution is 2.34. The minimum absolute atomic E-state index is 0.0419. The molecule has 4 rings (SSSR count).